The van der Waals surface area contributed by atoms with Crippen LogP contribution < -0.4 is 24.8 Å². The monoisotopic (exact) mass is 344 g/mol. The average molecular weight is 344 g/mol. The molecular formula is C18H20N2O5. The Bertz CT molecular complexity index is 719. The summed E-state index contributed by atoms with van der Waals surface area (Å²) in [7, 11) is 3.04. The number of hydrogen-bond acceptors (Lipinski definition) is 5. The summed E-state index contributed by atoms with van der Waals surface area (Å²) in [5.41, 5.74) is 0.539. The minimum atomic E-state index is -0.383. The molecule has 0 saturated heterocycles. The van der Waals surface area contributed by atoms with Gasteiger partial charge in [-0.25, -0.2) is 0 Å². The fourth-order valence-electron chi connectivity index (χ4n) is 2.01. The Morgan fingerprint density at radius 1 is 0.920 bits per heavy atom. The zero-order valence-corrected chi connectivity index (χ0v) is 14.1. The van der Waals surface area contributed by atoms with Crippen LogP contribution in [-0.2, 0) is 9.59 Å². The summed E-state index contributed by atoms with van der Waals surface area (Å²) in [4.78, 5) is 23.6. The van der Waals surface area contributed by atoms with Crippen LogP contribution in [0, 0.1) is 0 Å². The van der Waals surface area contributed by atoms with Gasteiger partial charge in [0.05, 0.1) is 20.8 Å². The molecule has 2 N–H and O–H groups in total. The molecule has 0 heterocycles. The number of amides is 2. The van der Waals surface area contributed by atoms with Crippen LogP contribution in [0.25, 0.3) is 0 Å². The molecule has 0 bridgehead atoms. The Labute approximate surface area is 145 Å². The van der Waals surface area contributed by atoms with Crippen LogP contribution in [0.5, 0.6) is 17.2 Å². The largest absolute Gasteiger partial charge is 0.493 e. The van der Waals surface area contributed by atoms with E-state index in [-0.39, 0.29) is 25.0 Å². The third-order valence-corrected chi connectivity index (χ3v) is 3.23. The Balaban J connectivity index is 1.77. The first-order chi connectivity index (χ1) is 12.1. The predicted molar refractivity (Wildman–Crippen MR) is 93.1 cm³/mol. The minimum Gasteiger partial charge on any atom is -0.493 e. The van der Waals surface area contributed by atoms with Crippen molar-refractivity contribution in [1.82, 2.24) is 5.32 Å². The molecule has 0 unspecified atom stereocenters. The molecule has 2 rings (SSSR count). The van der Waals surface area contributed by atoms with E-state index in [9.17, 15) is 9.59 Å². The van der Waals surface area contributed by atoms with Gasteiger partial charge in [0.1, 0.15) is 5.75 Å². The molecule has 0 atom stereocenters. The van der Waals surface area contributed by atoms with Crippen molar-refractivity contribution in [2.75, 3.05) is 32.7 Å². The number of benzene rings is 2. The van der Waals surface area contributed by atoms with E-state index in [2.05, 4.69) is 10.6 Å². The highest BCUT2D eigenvalue weighted by Crippen LogP contribution is 2.29. The molecule has 2 aromatic rings. The lowest BCUT2D eigenvalue weighted by atomic mass is 10.2. The Hall–Kier alpha value is -3.22. The van der Waals surface area contributed by atoms with Crippen LogP contribution in [0.3, 0.4) is 0 Å². The molecule has 0 radical (unpaired) electrons. The predicted octanol–water partition coefficient (Wildman–Crippen LogP) is 1.84. The second-order valence-electron chi connectivity index (χ2n) is 5.00. The van der Waals surface area contributed by atoms with Gasteiger partial charge in [0.15, 0.2) is 18.1 Å². The molecular weight excluding hydrogens is 324 g/mol. The lowest BCUT2D eigenvalue weighted by Gasteiger charge is -2.11. The van der Waals surface area contributed by atoms with E-state index in [0.29, 0.717) is 22.9 Å². The Morgan fingerprint density at radius 3 is 2.32 bits per heavy atom. The normalized spacial score (nSPS) is 9.84. The topological polar surface area (TPSA) is 85.9 Å². The number of carbonyl (C=O) groups is 2. The molecule has 0 spiro atoms. The Kier molecular flexibility index (Phi) is 6.65. The standard InChI is InChI=1S/C18H20N2O5/c1-23-15-9-8-13(10-16(15)24-2)20-17(21)11-19-18(22)12-25-14-6-4-3-5-7-14/h3-10H,11-12H2,1-2H3,(H,19,22)(H,20,21). The number of nitrogens with one attached hydrogen (secondary N) is 2. The van der Waals surface area contributed by atoms with Crippen molar-refractivity contribution in [2.24, 2.45) is 0 Å². The van der Waals surface area contributed by atoms with Crippen LogP contribution in [0.2, 0.25) is 0 Å². The fourth-order valence-corrected chi connectivity index (χ4v) is 2.01. The molecule has 0 aliphatic carbocycles. The van der Waals surface area contributed by atoms with Crippen molar-refractivity contribution in [3.05, 3.63) is 48.5 Å². The SMILES string of the molecule is COc1ccc(NC(=O)CNC(=O)COc2ccccc2)cc1OC. The number of anilines is 1. The highest BCUT2D eigenvalue weighted by Gasteiger charge is 2.09. The molecule has 2 aromatic carbocycles. The third kappa shape index (κ3) is 5.72. The van der Waals surface area contributed by atoms with Gasteiger partial charge < -0.3 is 24.8 Å². The van der Waals surface area contributed by atoms with E-state index in [1.54, 1.807) is 30.3 Å². The van der Waals surface area contributed by atoms with Crippen molar-refractivity contribution in [2.45, 2.75) is 0 Å². The van der Waals surface area contributed by atoms with Crippen LogP contribution in [0.4, 0.5) is 5.69 Å². The summed E-state index contributed by atoms with van der Waals surface area (Å²) in [6, 6.07) is 14.0. The summed E-state index contributed by atoms with van der Waals surface area (Å²) in [5.74, 6) is 0.909. The number of carbonyl (C=O) groups excluding carboxylic acids is 2. The maximum atomic E-state index is 11.9. The van der Waals surface area contributed by atoms with Gasteiger partial charge in [-0.05, 0) is 24.3 Å². The highest BCUT2D eigenvalue weighted by molar-refractivity contribution is 5.94. The molecule has 0 fully saturated rings. The minimum absolute atomic E-state index is 0.159. The maximum Gasteiger partial charge on any atom is 0.258 e. The van der Waals surface area contributed by atoms with E-state index in [0.717, 1.165) is 0 Å². The van der Waals surface area contributed by atoms with Crippen LogP contribution in [0.15, 0.2) is 48.5 Å². The van der Waals surface area contributed by atoms with Gasteiger partial charge in [-0.1, -0.05) is 18.2 Å². The van der Waals surface area contributed by atoms with Crippen LogP contribution >= 0.6 is 0 Å². The molecule has 0 aromatic heterocycles. The zero-order chi connectivity index (χ0) is 18.1. The summed E-state index contributed by atoms with van der Waals surface area (Å²) >= 11 is 0. The molecule has 0 aliphatic rings. The van der Waals surface area contributed by atoms with Crippen LogP contribution in [-0.4, -0.2) is 39.2 Å². The van der Waals surface area contributed by atoms with E-state index < -0.39 is 0 Å². The smallest absolute Gasteiger partial charge is 0.258 e. The second kappa shape index (κ2) is 9.17. The van der Waals surface area contributed by atoms with E-state index >= 15 is 0 Å². The van der Waals surface area contributed by atoms with Gasteiger partial charge in [0.2, 0.25) is 5.91 Å². The highest BCUT2D eigenvalue weighted by atomic mass is 16.5. The van der Waals surface area contributed by atoms with Gasteiger partial charge >= 0.3 is 0 Å². The van der Waals surface area contributed by atoms with E-state index in [1.807, 2.05) is 18.2 Å². The first-order valence-electron chi connectivity index (χ1n) is 7.59. The first-order valence-corrected chi connectivity index (χ1v) is 7.59. The molecule has 0 saturated carbocycles. The van der Waals surface area contributed by atoms with Gasteiger partial charge in [0.25, 0.3) is 5.91 Å². The van der Waals surface area contributed by atoms with Gasteiger partial charge in [-0.3, -0.25) is 9.59 Å². The number of ether oxygens (including phenoxy) is 3. The summed E-state index contributed by atoms with van der Waals surface area (Å²) < 4.78 is 15.6. The van der Waals surface area contributed by atoms with E-state index in [1.165, 1.54) is 14.2 Å². The average Bonchev–Trinajstić information content (AvgIpc) is 2.65. The number of methoxy groups -OCH3 is 2. The molecule has 25 heavy (non-hydrogen) atoms. The Morgan fingerprint density at radius 2 is 1.64 bits per heavy atom. The maximum absolute atomic E-state index is 11.9. The molecule has 7 nitrogen and oxygen atoms in total. The molecule has 0 aliphatic heterocycles. The van der Waals surface area contributed by atoms with Crippen LogP contribution in [0.1, 0.15) is 0 Å². The second-order valence-corrected chi connectivity index (χ2v) is 5.00. The van der Waals surface area contributed by atoms with Crippen molar-refractivity contribution >= 4 is 17.5 Å². The van der Waals surface area contributed by atoms with E-state index in [4.69, 9.17) is 14.2 Å². The van der Waals surface area contributed by atoms with Crippen molar-refractivity contribution < 1.29 is 23.8 Å². The van der Waals surface area contributed by atoms with Gasteiger partial charge in [0, 0.05) is 11.8 Å². The molecule has 7 heteroatoms. The fraction of sp³-hybridized carbons (Fsp3) is 0.222. The first kappa shape index (κ1) is 18.1. The van der Waals surface area contributed by atoms with Crippen molar-refractivity contribution in [3.8, 4) is 17.2 Å². The summed E-state index contributed by atoms with van der Waals surface area (Å²) in [6.45, 7) is -0.320. The lowest BCUT2D eigenvalue weighted by molar-refractivity contribution is -0.125. The lowest BCUT2D eigenvalue weighted by Crippen LogP contribution is -2.35. The van der Waals surface area contributed by atoms with Gasteiger partial charge in [-0.15, -0.1) is 0 Å². The zero-order valence-electron chi connectivity index (χ0n) is 14.1. The van der Waals surface area contributed by atoms with Crippen molar-refractivity contribution in [1.29, 1.82) is 0 Å². The number of hydrogen-bond donors (Lipinski definition) is 2. The molecule has 132 valence electrons. The quantitative estimate of drug-likeness (QED) is 0.763. The third-order valence-electron chi connectivity index (χ3n) is 3.23. The van der Waals surface area contributed by atoms with Gasteiger partial charge in [-0.2, -0.15) is 0 Å². The summed E-state index contributed by atoms with van der Waals surface area (Å²) in [6.07, 6.45) is 0. The summed E-state index contributed by atoms with van der Waals surface area (Å²) in [5, 5.41) is 5.16. The van der Waals surface area contributed by atoms with Crippen molar-refractivity contribution in [3.63, 3.8) is 0 Å². The number of para-hydroxylation sites is 1. The number of rotatable bonds is 8. The molecule has 2 amide bonds.